The van der Waals surface area contributed by atoms with Gasteiger partial charge in [0.25, 0.3) is 11.5 Å². The average Bonchev–Trinajstić information content (AvgIpc) is 3.41. The van der Waals surface area contributed by atoms with Gasteiger partial charge in [0.15, 0.2) is 0 Å². The number of thiophene rings is 1. The van der Waals surface area contributed by atoms with E-state index in [4.69, 9.17) is 9.15 Å². The van der Waals surface area contributed by atoms with Crippen LogP contribution in [0.1, 0.15) is 26.2 Å². The van der Waals surface area contributed by atoms with Crippen LogP contribution in [0, 0.1) is 6.92 Å². The maximum Gasteiger partial charge on any atom is 0.261 e. The van der Waals surface area contributed by atoms with Crippen LogP contribution < -0.4 is 10.9 Å². The molecule has 2 N–H and O–H groups in total. The first kappa shape index (κ1) is 19.6. The first-order chi connectivity index (χ1) is 14.1. The molecule has 0 aromatic carbocycles. The van der Waals surface area contributed by atoms with Crippen molar-refractivity contribution in [3.05, 3.63) is 68.3 Å². The highest BCUT2D eigenvalue weighted by Gasteiger charge is 2.25. The van der Waals surface area contributed by atoms with Crippen molar-refractivity contribution in [2.75, 3.05) is 32.8 Å². The zero-order valence-electron chi connectivity index (χ0n) is 16.1. The zero-order valence-corrected chi connectivity index (χ0v) is 17.0. The van der Waals surface area contributed by atoms with Crippen LogP contribution in [0.2, 0.25) is 0 Å². The van der Waals surface area contributed by atoms with Gasteiger partial charge in [-0.15, -0.1) is 11.3 Å². The molecule has 0 radical (unpaired) electrons. The van der Waals surface area contributed by atoms with Gasteiger partial charge in [0.1, 0.15) is 11.3 Å². The SMILES string of the molecule is Cc1ccc([C@@H](CNC(=O)c2ccc(-c3ccco3)[nH]c2=O)N2CCOCC2)s1. The van der Waals surface area contributed by atoms with E-state index in [1.807, 2.05) is 0 Å². The molecule has 0 unspecified atom stereocenters. The minimum absolute atomic E-state index is 0.0584. The Bertz CT molecular complexity index is 1020. The number of ether oxygens (including phenoxy) is 1. The Morgan fingerprint density at radius 1 is 1.24 bits per heavy atom. The second-order valence-corrected chi connectivity index (χ2v) is 8.23. The number of carbonyl (C=O) groups excluding carboxylic acids is 1. The number of hydrogen-bond acceptors (Lipinski definition) is 6. The number of rotatable bonds is 6. The number of H-pyrrole nitrogens is 1. The Morgan fingerprint density at radius 2 is 2.07 bits per heavy atom. The summed E-state index contributed by atoms with van der Waals surface area (Å²) < 4.78 is 10.8. The van der Waals surface area contributed by atoms with E-state index in [-0.39, 0.29) is 17.5 Å². The number of aromatic amines is 1. The zero-order chi connectivity index (χ0) is 20.2. The highest BCUT2D eigenvalue weighted by Crippen LogP contribution is 2.28. The first-order valence-electron chi connectivity index (χ1n) is 9.55. The third kappa shape index (κ3) is 4.50. The molecule has 0 spiro atoms. The molecule has 0 saturated carbocycles. The Balaban J connectivity index is 1.48. The van der Waals surface area contributed by atoms with Crippen LogP contribution in [-0.2, 0) is 4.74 Å². The fraction of sp³-hybridized carbons (Fsp3) is 0.333. The number of aryl methyl sites for hydroxylation is 1. The maximum absolute atomic E-state index is 12.7. The van der Waals surface area contributed by atoms with Gasteiger partial charge in [-0.2, -0.15) is 0 Å². The van der Waals surface area contributed by atoms with Crippen LogP contribution >= 0.6 is 11.3 Å². The molecule has 1 atom stereocenters. The molecule has 1 saturated heterocycles. The van der Waals surface area contributed by atoms with Crippen LogP contribution in [0.4, 0.5) is 0 Å². The van der Waals surface area contributed by atoms with Crippen molar-refractivity contribution in [1.29, 1.82) is 0 Å². The van der Waals surface area contributed by atoms with Crippen LogP contribution in [0.3, 0.4) is 0 Å². The molecule has 1 fully saturated rings. The van der Waals surface area contributed by atoms with E-state index < -0.39 is 5.56 Å². The van der Waals surface area contributed by atoms with E-state index in [2.05, 4.69) is 34.3 Å². The van der Waals surface area contributed by atoms with Crippen molar-refractivity contribution < 1.29 is 13.9 Å². The number of carbonyl (C=O) groups is 1. The van der Waals surface area contributed by atoms with Gasteiger partial charge in [0.2, 0.25) is 0 Å². The normalized spacial score (nSPS) is 15.9. The summed E-state index contributed by atoms with van der Waals surface area (Å²) in [6, 6.07) is 11.0. The maximum atomic E-state index is 12.7. The number of furan rings is 1. The predicted octanol–water partition coefficient (Wildman–Crippen LogP) is 2.81. The van der Waals surface area contributed by atoms with Gasteiger partial charge in [-0.25, -0.2) is 0 Å². The number of amides is 1. The van der Waals surface area contributed by atoms with E-state index in [0.717, 1.165) is 13.1 Å². The molecule has 29 heavy (non-hydrogen) atoms. The highest BCUT2D eigenvalue weighted by atomic mass is 32.1. The standard InChI is InChI=1S/C21H23N3O4S/c1-14-4-7-19(29-14)17(24-8-11-27-12-9-24)13-22-20(25)15-5-6-16(23-21(15)26)18-3-2-10-28-18/h2-7,10,17H,8-9,11-13H2,1H3,(H,22,25)(H,23,26)/t17-/m1/s1. The number of nitrogens with one attached hydrogen (secondary N) is 2. The highest BCUT2D eigenvalue weighted by molar-refractivity contribution is 7.12. The molecule has 3 aromatic rings. The van der Waals surface area contributed by atoms with Crippen LogP contribution in [-0.4, -0.2) is 48.6 Å². The largest absolute Gasteiger partial charge is 0.463 e. The molecular formula is C21H23N3O4S. The molecule has 1 aliphatic rings. The Kier molecular flexibility index (Phi) is 5.94. The van der Waals surface area contributed by atoms with Crippen LogP contribution in [0.5, 0.6) is 0 Å². The molecule has 7 nitrogen and oxygen atoms in total. The third-order valence-corrected chi connectivity index (χ3v) is 6.07. The smallest absolute Gasteiger partial charge is 0.261 e. The van der Waals surface area contributed by atoms with E-state index in [9.17, 15) is 9.59 Å². The van der Waals surface area contributed by atoms with Crippen molar-refractivity contribution in [2.45, 2.75) is 13.0 Å². The van der Waals surface area contributed by atoms with Gasteiger partial charge < -0.3 is 19.5 Å². The number of morpholine rings is 1. The molecule has 8 heteroatoms. The quantitative estimate of drug-likeness (QED) is 0.649. The van der Waals surface area contributed by atoms with Crippen molar-refractivity contribution >= 4 is 17.2 Å². The van der Waals surface area contributed by atoms with Crippen LogP contribution in [0.15, 0.2) is 51.9 Å². The molecule has 4 heterocycles. The lowest BCUT2D eigenvalue weighted by Gasteiger charge is -2.34. The number of aromatic nitrogens is 1. The molecule has 0 bridgehead atoms. The van der Waals surface area contributed by atoms with Crippen LogP contribution in [0.25, 0.3) is 11.5 Å². The Labute approximate surface area is 172 Å². The summed E-state index contributed by atoms with van der Waals surface area (Å²) in [6.07, 6.45) is 1.53. The lowest BCUT2D eigenvalue weighted by Crippen LogP contribution is -2.44. The number of nitrogens with zero attached hydrogens (tertiary/aromatic N) is 1. The van der Waals surface area contributed by atoms with Crippen molar-refractivity contribution in [3.8, 4) is 11.5 Å². The molecule has 1 aliphatic heterocycles. The van der Waals surface area contributed by atoms with Gasteiger partial charge >= 0.3 is 0 Å². The van der Waals surface area contributed by atoms with Crippen molar-refractivity contribution in [1.82, 2.24) is 15.2 Å². The molecule has 4 rings (SSSR count). The van der Waals surface area contributed by atoms with Gasteiger partial charge in [-0.05, 0) is 43.3 Å². The molecule has 152 valence electrons. The molecule has 1 amide bonds. The van der Waals surface area contributed by atoms with Gasteiger partial charge in [0.05, 0.1) is 31.2 Å². The second-order valence-electron chi connectivity index (χ2n) is 6.91. The third-order valence-electron chi connectivity index (χ3n) is 4.97. The molecule has 0 aliphatic carbocycles. The average molecular weight is 413 g/mol. The minimum atomic E-state index is -0.439. The predicted molar refractivity (Wildman–Crippen MR) is 111 cm³/mol. The Hall–Kier alpha value is -2.68. The summed E-state index contributed by atoms with van der Waals surface area (Å²) in [5, 5.41) is 2.94. The molecule has 3 aromatic heterocycles. The summed E-state index contributed by atoms with van der Waals surface area (Å²) in [4.78, 5) is 32.6. The first-order valence-corrected chi connectivity index (χ1v) is 10.4. The monoisotopic (exact) mass is 413 g/mol. The number of pyridine rings is 1. The Morgan fingerprint density at radius 3 is 2.72 bits per heavy atom. The number of hydrogen-bond donors (Lipinski definition) is 2. The summed E-state index contributed by atoms with van der Waals surface area (Å²) in [6.45, 7) is 5.50. The lowest BCUT2D eigenvalue weighted by molar-refractivity contribution is 0.0169. The van der Waals surface area contributed by atoms with Gasteiger partial charge in [0, 0.05) is 29.4 Å². The molecular weight excluding hydrogens is 390 g/mol. The summed E-state index contributed by atoms with van der Waals surface area (Å²) in [7, 11) is 0. The van der Waals surface area contributed by atoms with Gasteiger partial charge in [-0.3, -0.25) is 14.5 Å². The fourth-order valence-electron chi connectivity index (χ4n) is 3.44. The van der Waals surface area contributed by atoms with Crippen molar-refractivity contribution in [2.24, 2.45) is 0 Å². The van der Waals surface area contributed by atoms with E-state index in [0.29, 0.717) is 31.2 Å². The summed E-state index contributed by atoms with van der Waals surface area (Å²) in [5.41, 5.74) is 0.187. The van der Waals surface area contributed by atoms with E-state index >= 15 is 0 Å². The van der Waals surface area contributed by atoms with E-state index in [1.165, 1.54) is 22.1 Å². The summed E-state index contributed by atoms with van der Waals surface area (Å²) >= 11 is 1.73. The van der Waals surface area contributed by atoms with Crippen molar-refractivity contribution in [3.63, 3.8) is 0 Å². The fourth-order valence-corrected chi connectivity index (χ4v) is 4.46. The second kappa shape index (κ2) is 8.77. The topological polar surface area (TPSA) is 87.6 Å². The minimum Gasteiger partial charge on any atom is -0.463 e. The van der Waals surface area contributed by atoms with Gasteiger partial charge in [-0.1, -0.05) is 0 Å². The lowest BCUT2D eigenvalue weighted by atomic mass is 10.1. The summed E-state index contributed by atoms with van der Waals surface area (Å²) in [5.74, 6) is 0.165. The van der Waals surface area contributed by atoms with E-state index in [1.54, 1.807) is 29.5 Å².